The van der Waals surface area contributed by atoms with Gasteiger partial charge in [-0.3, -0.25) is 9.78 Å². The number of hydrogen-bond donors (Lipinski definition) is 1. The normalized spacial score (nSPS) is 12.0. The number of halogens is 1. The third kappa shape index (κ3) is 3.89. The maximum absolute atomic E-state index is 13.7. The highest BCUT2D eigenvalue weighted by Crippen LogP contribution is 2.26. The summed E-state index contributed by atoms with van der Waals surface area (Å²) in [5, 5.41) is 5.81. The number of hydrogen-bond acceptors (Lipinski definition) is 4. The van der Waals surface area contributed by atoms with Gasteiger partial charge < -0.3 is 9.88 Å². The van der Waals surface area contributed by atoms with E-state index in [-0.39, 0.29) is 17.8 Å². The lowest BCUT2D eigenvalue weighted by Gasteiger charge is -2.12. The fourth-order valence-electron chi connectivity index (χ4n) is 3.47. The Balaban J connectivity index is 1.55. The van der Waals surface area contributed by atoms with Crippen LogP contribution in [-0.4, -0.2) is 20.4 Å². The molecule has 1 atom stereocenters. The van der Waals surface area contributed by atoms with Crippen LogP contribution in [0.3, 0.4) is 0 Å². The van der Waals surface area contributed by atoms with Gasteiger partial charge in [-0.2, -0.15) is 0 Å². The second-order valence-corrected chi connectivity index (χ2v) is 8.00. The van der Waals surface area contributed by atoms with Crippen molar-refractivity contribution in [3.8, 4) is 16.9 Å². The predicted octanol–water partition coefficient (Wildman–Crippen LogP) is 5.24. The molecule has 3 heterocycles. The molecule has 1 aromatic carbocycles. The molecule has 7 heteroatoms. The second-order valence-electron chi connectivity index (χ2n) is 7.11. The summed E-state index contributed by atoms with van der Waals surface area (Å²) < 4.78 is 15.5. The molecule has 0 aliphatic rings. The van der Waals surface area contributed by atoms with Gasteiger partial charge in [0.05, 0.1) is 17.3 Å². The summed E-state index contributed by atoms with van der Waals surface area (Å²) in [6.07, 6.45) is 3.49. The van der Waals surface area contributed by atoms with E-state index >= 15 is 0 Å². The summed E-state index contributed by atoms with van der Waals surface area (Å²) in [6, 6.07) is 11.7. The quantitative estimate of drug-likeness (QED) is 0.480. The van der Waals surface area contributed by atoms with E-state index in [1.165, 1.54) is 23.5 Å². The van der Waals surface area contributed by atoms with Gasteiger partial charge in [0, 0.05) is 40.4 Å². The van der Waals surface area contributed by atoms with Crippen LogP contribution in [0.15, 0.2) is 60.2 Å². The van der Waals surface area contributed by atoms with E-state index in [4.69, 9.17) is 0 Å². The van der Waals surface area contributed by atoms with E-state index in [2.05, 4.69) is 15.3 Å². The summed E-state index contributed by atoms with van der Waals surface area (Å²) in [5.41, 5.74) is 4.67. The van der Waals surface area contributed by atoms with Crippen molar-refractivity contribution in [2.24, 2.45) is 0 Å². The molecule has 0 aliphatic carbocycles. The Morgan fingerprint density at radius 3 is 2.77 bits per heavy atom. The predicted molar refractivity (Wildman–Crippen MR) is 116 cm³/mol. The van der Waals surface area contributed by atoms with E-state index < -0.39 is 0 Å². The van der Waals surface area contributed by atoms with Gasteiger partial charge in [0.25, 0.3) is 5.91 Å². The van der Waals surface area contributed by atoms with Crippen molar-refractivity contribution >= 4 is 17.2 Å². The lowest BCUT2D eigenvalue weighted by atomic mass is 10.2. The lowest BCUT2D eigenvalue weighted by molar-refractivity contribution is 0.0939. The summed E-state index contributed by atoms with van der Waals surface area (Å²) in [7, 11) is 0. The molecule has 0 radical (unpaired) electrons. The van der Waals surface area contributed by atoms with E-state index in [0.717, 1.165) is 27.7 Å². The van der Waals surface area contributed by atoms with Crippen molar-refractivity contribution in [2.75, 3.05) is 0 Å². The van der Waals surface area contributed by atoms with E-state index in [1.807, 2.05) is 55.0 Å². The van der Waals surface area contributed by atoms with Crippen LogP contribution in [0.4, 0.5) is 4.39 Å². The maximum Gasteiger partial charge on any atom is 0.253 e. The van der Waals surface area contributed by atoms with Gasteiger partial charge >= 0.3 is 0 Å². The Kier molecular flexibility index (Phi) is 5.46. The largest absolute Gasteiger partial charge is 0.343 e. The zero-order valence-corrected chi connectivity index (χ0v) is 17.7. The van der Waals surface area contributed by atoms with Crippen molar-refractivity contribution in [2.45, 2.75) is 26.8 Å². The molecular weight excluding hydrogens is 399 g/mol. The number of aryl methyl sites for hydroxylation is 1. The Labute approximate surface area is 178 Å². The number of thiazole rings is 1. The average molecular weight is 421 g/mol. The Morgan fingerprint density at radius 1 is 1.20 bits per heavy atom. The number of amides is 1. The van der Waals surface area contributed by atoms with Crippen molar-refractivity contribution in [1.82, 2.24) is 19.9 Å². The summed E-state index contributed by atoms with van der Waals surface area (Å²) in [4.78, 5) is 21.7. The highest BCUT2D eigenvalue weighted by atomic mass is 32.1. The molecule has 3 aromatic heterocycles. The minimum Gasteiger partial charge on any atom is -0.343 e. The number of carbonyl (C=O) groups is 1. The van der Waals surface area contributed by atoms with Crippen LogP contribution in [-0.2, 0) is 0 Å². The highest BCUT2D eigenvalue weighted by molar-refractivity contribution is 7.10. The molecule has 0 saturated heterocycles. The Morgan fingerprint density at radius 2 is 2.03 bits per heavy atom. The van der Waals surface area contributed by atoms with Crippen LogP contribution in [0.25, 0.3) is 16.9 Å². The van der Waals surface area contributed by atoms with Gasteiger partial charge in [0.2, 0.25) is 0 Å². The zero-order valence-electron chi connectivity index (χ0n) is 16.9. The standard InChI is InChI=1S/C23H21FN4OS/c1-14-10-20(16(3)28(14)19-8-4-7-18(24)11-19)22(29)26-15(2)23-27-21(13-30-23)17-6-5-9-25-12-17/h4-13,15H,1-3H3,(H,26,29). The smallest absolute Gasteiger partial charge is 0.253 e. The van der Waals surface area contributed by atoms with Gasteiger partial charge in [-0.1, -0.05) is 6.07 Å². The SMILES string of the molecule is Cc1cc(C(=O)NC(C)c2nc(-c3cccnc3)cs2)c(C)n1-c1cccc(F)c1. The van der Waals surface area contributed by atoms with Crippen LogP contribution in [0.2, 0.25) is 0 Å². The molecule has 5 nitrogen and oxygen atoms in total. The molecule has 4 rings (SSSR count). The maximum atomic E-state index is 13.7. The molecular formula is C23H21FN4OS. The highest BCUT2D eigenvalue weighted by Gasteiger charge is 2.20. The van der Waals surface area contributed by atoms with E-state index in [9.17, 15) is 9.18 Å². The van der Waals surface area contributed by atoms with Crippen molar-refractivity contribution < 1.29 is 9.18 Å². The first kappa shape index (κ1) is 20.0. The van der Waals surface area contributed by atoms with Gasteiger partial charge in [0.1, 0.15) is 10.8 Å². The van der Waals surface area contributed by atoms with Crippen LogP contribution < -0.4 is 5.32 Å². The lowest BCUT2D eigenvalue weighted by Crippen LogP contribution is -2.27. The van der Waals surface area contributed by atoms with Crippen LogP contribution in [0.5, 0.6) is 0 Å². The summed E-state index contributed by atoms with van der Waals surface area (Å²) in [6.45, 7) is 5.68. The van der Waals surface area contributed by atoms with Gasteiger partial charge in [0.15, 0.2) is 0 Å². The molecule has 152 valence electrons. The number of nitrogens with one attached hydrogen (secondary N) is 1. The second kappa shape index (κ2) is 8.20. The first-order valence-electron chi connectivity index (χ1n) is 9.55. The monoisotopic (exact) mass is 420 g/mol. The average Bonchev–Trinajstić information content (AvgIpc) is 3.33. The topological polar surface area (TPSA) is 59.8 Å². The third-order valence-corrected chi connectivity index (χ3v) is 5.97. The number of rotatable bonds is 5. The van der Waals surface area contributed by atoms with E-state index in [0.29, 0.717) is 11.3 Å². The van der Waals surface area contributed by atoms with Gasteiger partial charge in [-0.05, 0) is 57.2 Å². The number of benzene rings is 1. The first-order chi connectivity index (χ1) is 14.4. The van der Waals surface area contributed by atoms with Gasteiger partial charge in [-0.15, -0.1) is 11.3 Å². The molecule has 30 heavy (non-hydrogen) atoms. The molecule has 0 saturated carbocycles. The Bertz CT molecular complexity index is 1200. The number of carbonyl (C=O) groups excluding carboxylic acids is 1. The van der Waals surface area contributed by atoms with Crippen molar-refractivity contribution in [3.05, 3.63) is 88.0 Å². The number of pyridine rings is 1. The van der Waals surface area contributed by atoms with E-state index in [1.54, 1.807) is 18.5 Å². The molecule has 0 spiro atoms. The summed E-state index contributed by atoms with van der Waals surface area (Å²) >= 11 is 1.50. The first-order valence-corrected chi connectivity index (χ1v) is 10.4. The molecule has 1 unspecified atom stereocenters. The summed E-state index contributed by atoms with van der Waals surface area (Å²) in [5.74, 6) is -0.496. The zero-order chi connectivity index (χ0) is 21.3. The van der Waals surface area contributed by atoms with Gasteiger partial charge in [-0.25, -0.2) is 9.37 Å². The van der Waals surface area contributed by atoms with Crippen molar-refractivity contribution in [3.63, 3.8) is 0 Å². The third-order valence-electron chi connectivity index (χ3n) is 4.94. The fraction of sp³-hybridized carbons (Fsp3) is 0.174. The minimum absolute atomic E-state index is 0.184. The molecule has 0 aliphatic heterocycles. The van der Waals surface area contributed by atoms with Crippen LogP contribution >= 0.6 is 11.3 Å². The molecule has 1 amide bonds. The Hall–Kier alpha value is -3.32. The number of nitrogens with zero attached hydrogens (tertiary/aromatic N) is 3. The molecule has 4 aromatic rings. The molecule has 0 bridgehead atoms. The molecule has 0 fully saturated rings. The minimum atomic E-state index is -0.312. The molecule has 1 N–H and O–H groups in total. The van der Waals surface area contributed by atoms with Crippen LogP contribution in [0, 0.1) is 19.7 Å². The van der Waals surface area contributed by atoms with Crippen molar-refractivity contribution in [1.29, 1.82) is 0 Å². The van der Waals surface area contributed by atoms with Crippen LogP contribution in [0.1, 0.15) is 39.7 Å². The number of aromatic nitrogens is 3. The fourth-order valence-corrected chi connectivity index (χ4v) is 4.31.